The molecule has 9 heteroatoms. The first-order valence-electron chi connectivity index (χ1n) is 8.63. The molecule has 2 aromatic heterocycles. The molecule has 138 valence electrons. The number of aryl methyl sites for hydroxylation is 1. The van der Waals surface area contributed by atoms with E-state index in [1.165, 1.54) is 11.3 Å². The number of anilines is 4. The van der Waals surface area contributed by atoms with E-state index >= 15 is 0 Å². The standard InChI is InChI=1S/C18H19N7OS/c1-9(2)12-16(26)22-13-14(21-12)19-10(3)20-15(13)23-18-25-24-17(27-18)11-7-5-4-6-8-11/h4-9,12H,1-3H3,(H,22,26)(H2,19,20,21,23,25). The predicted octanol–water partition coefficient (Wildman–Crippen LogP) is 3.44. The van der Waals surface area contributed by atoms with Crippen molar-refractivity contribution in [3.8, 4) is 10.6 Å². The fourth-order valence-corrected chi connectivity index (χ4v) is 3.59. The second-order valence-corrected chi connectivity index (χ2v) is 7.58. The lowest BCUT2D eigenvalue weighted by Crippen LogP contribution is -2.43. The molecule has 4 rings (SSSR count). The zero-order valence-corrected chi connectivity index (χ0v) is 16.0. The van der Waals surface area contributed by atoms with Gasteiger partial charge in [0, 0.05) is 5.56 Å². The van der Waals surface area contributed by atoms with Gasteiger partial charge in [0.25, 0.3) is 0 Å². The Morgan fingerprint density at radius 1 is 1.15 bits per heavy atom. The van der Waals surface area contributed by atoms with E-state index in [1.54, 1.807) is 0 Å². The average Bonchev–Trinajstić information content (AvgIpc) is 3.11. The van der Waals surface area contributed by atoms with Crippen LogP contribution < -0.4 is 16.0 Å². The van der Waals surface area contributed by atoms with E-state index in [0.717, 1.165) is 10.6 Å². The number of nitrogens with one attached hydrogen (secondary N) is 3. The SMILES string of the molecule is Cc1nc(Nc2nnc(-c3ccccc3)s2)c2c(n1)NC(C(C)C)C(=O)N2. The molecule has 1 aliphatic rings. The quantitative estimate of drug-likeness (QED) is 0.636. The van der Waals surface area contributed by atoms with E-state index in [9.17, 15) is 4.79 Å². The van der Waals surface area contributed by atoms with Crippen LogP contribution in [-0.2, 0) is 4.79 Å². The number of hydrogen-bond donors (Lipinski definition) is 3. The molecule has 1 unspecified atom stereocenters. The van der Waals surface area contributed by atoms with Gasteiger partial charge in [0.05, 0.1) is 0 Å². The van der Waals surface area contributed by atoms with Gasteiger partial charge in [0.1, 0.15) is 22.6 Å². The van der Waals surface area contributed by atoms with E-state index < -0.39 is 0 Å². The van der Waals surface area contributed by atoms with Crippen LogP contribution in [0.1, 0.15) is 19.7 Å². The summed E-state index contributed by atoms with van der Waals surface area (Å²) in [5, 5.41) is 19.1. The van der Waals surface area contributed by atoms with Crippen LogP contribution in [0.25, 0.3) is 10.6 Å². The Labute approximate surface area is 160 Å². The Balaban J connectivity index is 1.64. The Bertz CT molecular complexity index is 987. The van der Waals surface area contributed by atoms with Gasteiger partial charge in [-0.2, -0.15) is 0 Å². The fraction of sp³-hybridized carbons (Fsp3) is 0.278. The number of amides is 1. The molecular weight excluding hydrogens is 362 g/mol. The molecule has 0 radical (unpaired) electrons. The van der Waals surface area contributed by atoms with Crippen molar-refractivity contribution >= 4 is 39.7 Å². The van der Waals surface area contributed by atoms with Gasteiger partial charge >= 0.3 is 0 Å². The van der Waals surface area contributed by atoms with Crippen LogP contribution in [0.4, 0.5) is 22.5 Å². The number of nitrogens with zero attached hydrogens (tertiary/aromatic N) is 4. The van der Waals surface area contributed by atoms with Crippen molar-refractivity contribution in [2.45, 2.75) is 26.8 Å². The predicted molar refractivity (Wildman–Crippen MR) is 106 cm³/mol. The van der Waals surface area contributed by atoms with Crippen molar-refractivity contribution in [2.24, 2.45) is 5.92 Å². The van der Waals surface area contributed by atoms with Crippen molar-refractivity contribution in [1.82, 2.24) is 20.2 Å². The molecule has 1 aromatic carbocycles. The zero-order chi connectivity index (χ0) is 19.0. The molecule has 8 nitrogen and oxygen atoms in total. The number of carbonyl (C=O) groups excluding carboxylic acids is 1. The molecule has 0 saturated heterocycles. The van der Waals surface area contributed by atoms with E-state index in [-0.39, 0.29) is 17.9 Å². The highest BCUT2D eigenvalue weighted by Gasteiger charge is 2.31. The average molecular weight is 381 g/mol. The molecule has 0 aliphatic carbocycles. The van der Waals surface area contributed by atoms with Crippen molar-refractivity contribution in [2.75, 3.05) is 16.0 Å². The number of hydrogen-bond acceptors (Lipinski definition) is 8. The topological polar surface area (TPSA) is 105 Å². The van der Waals surface area contributed by atoms with Crippen LogP contribution in [0.5, 0.6) is 0 Å². The van der Waals surface area contributed by atoms with E-state index in [2.05, 4.69) is 36.1 Å². The van der Waals surface area contributed by atoms with E-state index in [4.69, 9.17) is 0 Å². The third kappa shape index (κ3) is 3.45. The Kier molecular flexibility index (Phi) is 4.44. The number of fused-ring (bicyclic) bond motifs is 1. The highest BCUT2D eigenvalue weighted by molar-refractivity contribution is 7.18. The minimum Gasteiger partial charge on any atom is -0.356 e. The molecular formula is C18H19N7OS. The van der Waals surface area contributed by atoms with Crippen molar-refractivity contribution in [1.29, 1.82) is 0 Å². The Morgan fingerprint density at radius 2 is 1.93 bits per heavy atom. The summed E-state index contributed by atoms with van der Waals surface area (Å²) in [6, 6.07) is 9.51. The first kappa shape index (κ1) is 17.3. The van der Waals surface area contributed by atoms with Gasteiger partial charge in [0.15, 0.2) is 11.6 Å². The maximum Gasteiger partial charge on any atom is 0.247 e. The van der Waals surface area contributed by atoms with Crippen LogP contribution in [0, 0.1) is 12.8 Å². The number of aromatic nitrogens is 4. The Morgan fingerprint density at radius 3 is 2.67 bits per heavy atom. The van der Waals surface area contributed by atoms with E-state index in [0.29, 0.717) is 28.3 Å². The molecule has 3 aromatic rings. The summed E-state index contributed by atoms with van der Waals surface area (Å²) in [7, 11) is 0. The van der Waals surface area contributed by atoms with Crippen LogP contribution in [-0.4, -0.2) is 32.1 Å². The van der Waals surface area contributed by atoms with E-state index in [1.807, 2.05) is 51.1 Å². The molecule has 1 amide bonds. The molecule has 3 N–H and O–H groups in total. The van der Waals surface area contributed by atoms with Gasteiger partial charge in [-0.1, -0.05) is 55.5 Å². The van der Waals surface area contributed by atoms with Gasteiger partial charge in [-0.3, -0.25) is 4.79 Å². The normalized spacial score (nSPS) is 15.9. The highest BCUT2D eigenvalue weighted by atomic mass is 32.1. The highest BCUT2D eigenvalue weighted by Crippen LogP contribution is 2.35. The minimum atomic E-state index is -0.328. The lowest BCUT2D eigenvalue weighted by molar-refractivity contribution is -0.117. The smallest absolute Gasteiger partial charge is 0.247 e. The molecule has 3 heterocycles. The van der Waals surface area contributed by atoms with Crippen molar-refractivity contribution < 1.29 is 4.79 Å². The maximum atomic E-state index is 12.4. The summed E-state index contributed by atoms with van der Waals surface area (Å²) < 4.78 is 0. The first-order valence-corrected chi connectivity index (χ1v) is 9.45. The summed E-state index contributed by atoms with van der Waals surface area (Å²) in [5.41, 5.74) is 1.53. The van der Waals surface area contributed by atoms with Gasteiger partial charge in [0.2, 0.25) is 11.0 Å². The summed E-state index contributed by atoms with van der Waals surface area (Å²) in [5.74, 6) is 1.74. The summed E-state index contributed by atoms with van der Waals surface area (Å²) in [6.45, 7) is 5.78. The van der Waals surface area contributed by atoms with Crippen LogP contribution >= 0.6 is 11.3 Å². The molecule has 0 bridgehead atoms. The largest absolute Gasteiger partial charge is 0.356 e. The third-order valence-corrected chi connectivity index (χ3v) is 5.07. The molecule has 0 spiro atoms. The first-order chi connectivity index (χ1) is 13.0. The monoisotopic (exact) mass is 381 g/mol. The molecule has 0 saturated carbocycles. The van der Waals surface area contributed by atoms with Crippen molar-refractivity contribution in [3.63, 3.8) is 0 Å². The van der Waals surface area contributed by atoms with Gasteiger partial charge in [-0.05, 0) is 12.8 Å². The van der Waals surface area contributed by atoms with Gasteiger partial charge < -0.3 is 16.0 Å². The van der Waals surface area contributed by atoms with Crippen LogP contribution in [0.3, 0.4) is 0 Å². The van der Waals surface area contributed by atoms with Gasteiger partial charge in [-0.15, -0.1) is 10.2 Å². The second-order valence-electron chi connectivity index (χ2n) is 6.60. The molecule has 1 atom stereocenters. The zero-order valence-electron chi connectivity index (χ0n) is 15.1. The minimum absolute atomic E-state index is 0.102. The van der Waals surface area contributed by atoms with Crippen molar-refractivity contribution in [3.05, 3.63) is 36.2 Å². The summed E-state index contributed by atoms with van der Waals surface area (Å²) in [4.78, 5) is 21.3. The van der Waals surface area contributed by atoms with Crippen LogP contribution in [0.15, 0.2) is 30.3 Å². The molecule has 1 aliphatic heterocycles. The van der Waals surface area contributed by atoms with Gasteiger partial charge in [-0.25, -0.2) is 9.97 Å². The van der Waals surface area contributed by atoms with Crippen LogP contribution in [0.2, 0.25) is 0 Å². The number of benzene rings is 1. The molecule has 27 heavy (non-hydrogen) atoms. The number of rotatable bonds is 4. The Hall–Kier alpha value is -3.07. The maximum absolute atomic E-state index is 12.4. The summed E-state index contributed by atoms with van der Waals surface area (Å²) in [6.07, 6.45) is 0. The summed E-state index contributed by atoms with van der Waals surface area (Å²) >= 11 is 1.42. The lowest BCUT2D eigenvalue weighted by atomic mass is 10.0. The molecule has 0 fully saturated rings. The fourth-order valence-electron chi connectivity index (χ4n) is 2.84. The second kappa shape index (κ2) is 6.92. The lowest BCUT2D eigenvalue weighted by Gasteiger charge is -2.29. The third-order valence-electron chi connectivity index (χ3n) is 4.18. The number of carbonyl (C=O) groups is 1.